The van der Waals surface area contributed by atoms with Gasteiger partial charge in [0.1, 0.15) is 11.3 Å². The quantitative estimate of drug-likeness (QED) is 0.586. The van der Waals surface area contributed by atoms with E-state index in [0.717, 1.165) is 6.08 Å². The van der Waals surface area contributed by atoms with Crippen molar-refractivity contribution >= 4 is 11.9 Å². The number of hydrogen-bond donors (Lipinski definition) is 2. The highest BCUT2D eigenvalue weighted by Gasteiger charge is 2.05. The minimum absolute atomic E-state index is 0.0671. The summed E-state index contributed by atoms with van der Waals surface area (Å²) in [4.78, 5) is 20.1. The summed E-state index contributed by atoms with van der Waals surface area (Å²) in [5.41, 5.74) is -0.0671. The highest BCUT2D eigenvalue weighted by molar-refractivity contribution is 5.90. The predicted molar refractivity (Wildman–Crippen MR) is 57.3 cm³/mol. The van der Waals surface area contributed by atoms with Gasteiger partial charge in [0, 0.05) is 6.08 Å². The lowest BCUT2D eigenvalue weighted by atomic mass is 10.2. The van der Waals surface area contributed by atoms with Crippen LogP contribution in [0.4, 0.5) is 0 Å². The molecule has 86 valence electrons. The van der Waals surface area contributed by atoms with E-state index in [9.17, 15) is 9.59 Å². The maximum absolute atomic E-state index is 10.3. The molecule has 0 amide bonds. The molecule has 0 bridgehead atoms. The van der Waals surface area contributed by atoms with E-state index < -0.39 is 11.9 Å². The standard InChI is InChI=1S/C7H6O3.C4H6O2/c8-6-4-2-1-3-5(6)7(9)10;1-3-4(5)6-2/h1-4,8H,(H,9,10);3H,1H2,2H3. The molecule has 5 heteroatoms. The van der Waals surface area contributed by atoms with Crippen LogP contribution in [0.5, 0.6) is 5.75 Å². The molecule has 2 N–H and O–H groups in total. The molecule has 1 rings (SSSR count). The SMILES string of the molecule is C=CC(=O)OC.O=C(O)c1ccccc1O. The summed E-state index contributed by atoms with van der Waals surface area (Å²) >= 11 is 0. The summed E-state index contributed by atoms with van der Waals surface area (Å²) in [5.74, 6) is -1.71. The van der Waals surface area contributed by atoms with Crippen LogP contribution in [0.2, 0.25) is 0 Å². The van der Waals surface area contributed by atoms with E-state index >= 15 is 0 Å². The van der Waals surface area contributed by atoms with Gasteiger partial charge >= 0.3 is 11.9 Å². The van der Waals surface area contributed by atoms with E-state index in [4.69, 9.17) is 10.2 Å². The van der Waals surface area contributed by atoms with Crippen molar-refractivity contribution in [2.75, 3.05) is 7.11 Å². The molecule has 0 aliphatic carbocycles. The van der Waals surface area contributed by atoms with Crippen LogP contribution < -0.4 is 0 Å². The topological polar surface area (TPSA) is 83.8 Å². The Morgan fingerprint density at radius 2 is 1.94 bits per heavy atom. The van der Waals surface area contributed by atoms with Crippen molar-refractivity contribution in [2.45, 2.75) is 0 Å². The van der Waals surface area contributed by atoms with E-state index in [-0.39, 0.29) is 11.3 Å². The molecule has 0 aliphatic heterocycles. The monoisotopic (exact) mass is 224 g/mol. The molecule has 0 atom stereocenters. The van der Waals surface area contributed by atoms with Gasteiger partial charge in [-0.1, -0.05) is 18.7 Å². The van der Waals surface area contributed by atoms with Crippen molar-refractivity contribution in [1.29, 1.82) is 0 Å². The second-order valence-electron chi connectivity index (χ2n) is 2.55. The van der Waals surface area contributed by atoms with Crippen LogP contribution in [0.1, 0.15) is 10.4 Å². The number of carbonyl (C=O) groups excluding carboxylic acids is 1. The zero-order valence-corrected chi connectivity index (χ0v) is 8.71. The molecular formula is C11H12O5. The fourth-order valence-corrected chi connectivity index (χ4v) is 0.738. The number of para-hydroxylation sites is 1. The molecule has 0 aliphatic rings. The van der Waals surface area contributed by atoms with Gasteiger partial charge in [-0.2, -0.15) is 0 Å². The first-order valence-corrected chi connectivity index (χ1v) is 4.24. The zero-order chi connectivity index (χ0) is 12.6. The Labute approximate surface area is 92.6 Å². The number of esters is 1. The molecule has 0 saturated heterocycles. The molecule has 0 spiro atoms. The Morgan fingerprint density at radius 3 is 2.19 bits per heavy atom. The summed E-state index contributed by atoms with van der Waals surface area (Å²) in [6, 6.07) is 5.81. The zero-order valence-electron chi connectivity index (χ0n) is 8.71. The predicted octanol–water partition coefficient (Wildman–Crippen LogP) is 1.44. The lowest BCUT2D eigenvalue weighted by Crippen LogP contribution is -1.95. The summed E-state index contributed by atoms with van der Waals surface area (Å²) in [5, 5.41) is 17.3. The third-order valence-electron chi connectivity index (χ3n) is 1.50. The first-order chi connectivity index (χ1) is 7.52. The van der Waals surface area contributed by atoms with Crippen molar-refractivity contribution in [3.05, 3.63) is 42.5 Å². The number of aromatic hydroxyl groups is 1. The lowest BCUT2D eigenvalue weighted by molar-refractivity contribution is -0.134. The molecule has 1 aromatic rings. The van der Waals surface area contributed by atoms with E-state index in [1.807, 2.05) is 0 Å². The van der Waals surface area contributed by atoms with Crippen molar-refractivity contribution in [2.24, 2.45) is 0 Å². The second kappa shape index (κ2) is 7.05. The average Bonchev–Trinajstić information content (AvgIpc) is 2.29. The largest absolute Gasteiger partial charge is 0.507 e. The average molecular weight is 224 g/mol. The number of carboxylic acid groups (broad SMARTS) is 1. The molecular weight excluding hydrogens is 212 g/mol. The summed E-state index contributed by atoms with van der Waals surface area (Å²) in [7, 11) is 1.31. The molecule has 1 aromatic carbocycles. The molecule has 0 aromatic heterocycles. The number of hydrogen-bond acceptors (Lipinski definition) is 4. The smallest absolute Gasteiger partial charge is 0.339 e. The molecule has 5 nitrogen and oxygen atoms in total. The number of rotatable bonds is 2. The van der Waals surface area contributed by atoms with Crippen LogP contribution in [0.15, 0.2) is 36.9 Å². The summed E-state index contributed by atoms with van der Waals surface area (Å²) < 4.78 is 4.14. The van der Waals surface area contributed by atoms with Gasteiger partial charge in [-0.05, 0) is 12.1 Å². The molecule has 0 unspecified atom stereocenters. The summed E-state index contributed by atoms with van der Waals surface area (Å²) in [6.07, 6.45) is 1.11. The number of carboxylic acids is 1. The first-order valence-electron chi connectivity index (χ1n) is 4.24. The van der Waals surface area contributed by atoms with Gasteiger partial charge in [-0.25, -0.2) is 9.59 Å². The van der Waals surface area contributed by atoms with Crippen molar-refractivity contribution in [1.82, 2.24) is 0 Å². The van der Waals surface area contributed by atoms with Gasteiger partial charge in [0.15, 0.2) is 0 Å². The van der Waals surface area contributed by atoms with Gasteiger partial charge < -0.3 is 14.9 Å². The van der Waals surface area contributed by atoms with Crippen LogP contribution >= 0.6 is 0 Å². The minimum Gasteiger partial charge on any atom is -0.507 e. The van der Waals surface area contributed by atoms with Crippen LogP contribution in [-0.4, -0.2) is 29.3 Å². The van der Waals surface area contributed by atoms with Crippen molar-refractivity contribution < 1.29 is 24.5 Å². The summed E-state index contributed by atoms with van der Waals surface area (Å²) in [6.45, 7) is 3.16. The number of carbonyl (C=O) groups is 2. The Kier molecular flexibility index (Phi) is 6.04. The second-order valence-corrected chi connectivity index (χ2v) is 2.55. The maximum Gasteiger partial charge on any atom is 0.339 e. The minimum atomic E-state index is -1.11. The van der Waals surface area contributed by atoms with Crippen LogP contribution in [0.3, 0.4) is 0 Å². The molecule has 0 radical (unpaired) electrons. The number of aromatic carboxylic acids is 1. The molecule has 16 heavy (non-hydrogen) atoms. The van der Waals surface area contributed by atoms with Gasteiger partial charge in [0.2, 0.25) is 0 Å². The highest BCUT2D eigenvalue weighted by Crippen LogP contribution is 2.14. The molecule has 0 heterocycles. The number of ether oxygens (including phenoxy) is 1. The third kappa shape index (κ3) is 4.80. The van der Waals surface area contributed by atoms with Gasteiger partial charge in [-0.3, -0.25) is 0 Å². The Bertz CT molecular complexity index is 384. The Morgan fingerprint density at radius 1 is 1.38 bits per heavy atom. The third-order valence-corrected chi connectivity index (χ3v) is 1.50. The maximum atomic E-state index is 10.3. The number of phenols is 1. The fourth-order valence-electron chi connectivity index (χ4n) is 0.738. The van der Waals surface area contributed by atoms with Crippen LogP contribution in [-0.2, 0) is 9.53 Å². The van der Waals surface area contributed by atoms with E-state index in [2.05, 4.69) is 11.3 Å². The van der Waals surface area contributed by atoms with Crippen LogP contribution in [0, 0.1) is 0 Å². The fraction of sp³-hybridized carbons (Fsp3) is 0.0909. The lowest BCUT2D eigenvalue weighted by Gasteiger charge is -1.95. The number of methoxy groups -OCH3 is 1. The Hall–Kier alpha value is -2.30. The first kappa shape index (κ1) is 13.7. The molecule has 0 saturated carbocycles. The number of benzene rings is 1. The normalized spacial score (nSPS) is 8.31. The molecule has 0 fully saturated rings. The Balaban J connectivity index is 0.000000325. The van der Waals surface area contributed by atoms with Gasteiger partial charge in [0.05, 0.1) is 7.11 Å². The highest BCUT2D eigenvalue weighted by atomic mass is 16.5. The van der Waals surface area contributed by atoms with Crippen molar-refractivity contribution in [3.8, 4) is 5.75 Å². The van der Waals surface area contributed by atoms with Gasteiger partial charge in [-0.15, -0.1) is 0 Å². The van der Waals surface area contributed by atoms with E-state index in [1.54, 1.807) is 12.1 Å². The van der Waals surface area contributed by atoms with E-state index in [0.29, 0.717) is 0 Å². The van der Waals surface area contributed by atoms with Crippen LogP contribution in [0.25, 0.3) is 0 Å². The van der Waals surface area contributed by atoms with Crippen molar-refractivity contribution in [3.63, 3.8) is 0 Å². The van der Waals surface area contributed by atoms with Gasteiger partial charge in [0.25, 0.3) is 0 Å². The van der Waals surface area contributed by atoms with E-state index in [1.165, 1.54) is 19.2 Å².